The molecule has 0 heterocycles. The summed E-state index contributed by atoms with van der Waals surface area (Å²) in [7, 11) is 6.60. The molecule has 1 aromatic carbocycles. The lowest BCUT2D eigenvalue weighted by Gasteiger charge is -2.23. The Hall–Kier alpha value is -1.06. The second kappa shape index (κ2) is 7.25. The van der Waals surface area contributed by atoms with Crippen molar-refractivity contribution in [3.8, 4) is 0 Å². The van der Waals surface area contributed by atoms with E-state index < -0.39 is 11.8 Å². The predicted molar refractivity (Wildman–Crippen MR) is 63.9 cm³/mol. The first kappa shape index (κ1) is 14.9. The molecule has 0 aromatic heterocycles. The number of hydrogen-bond donors (Lipinski definition) is 0. The first-order chi connectivity index (χ1) is 7.35. The largest absolute Gasteiger partial charge is 0.549 e. The Morgan fingerprint density at radius 2 is 1.69 bits per heavy atom. The van der Waals surface area contributed by atoms with Crippen LogP contribution in [0.4, 0.5) is 0 Å². The summed E-state index contributed by atoms with van der Waals surface area (Å²) in [6.07, 6.45) is 0. The van der Waals surface area contributed by atoms with E-state index >= 15 is 0 Å². The van der Waals surface area contributed by atoms with E-state index in [0.717, 1.165) is 11.0 Å². The van der Waals surface area contributed by atoms with Gasteiger partial charge in [-0.2, -0.15) is 0 Å². The number of carboxylic acids is 1. The maximum absolute atomic E-state index is 9.12. The molecule has 0 radical (unpaired) electrons. The minimum atomic E-state index is -1.23. The molecule has 0 saturated heterocycles. The van der Waals surface area contributed by atoms with Crippen LogP contribution in [0.2, 0.25) is 0 Å². The van der Waals surface area contributed by atoms with Crippen molar-refractivity contribution in [2.75, 3.05) is 27.0 Å². The highest BCUT2D eigenvalue weighted by molar-refractivity contribution is 6.25. The van der Waals surface area contributed by atoms with Crippen LogP contribution < -0.4 is 5.11 Å². The molecule has 0 amide bonds. The lowest BCUT2D eigenvalue weighted by atomic mass is 10.2. The Balaban J connectivity index is 0.000000385. The third kappa shape index (κ3) is 9.49. The van der Waals surface area contributed by atoms with Crippen LogP contribution in [0.5, 0.6) is 0 Å². The summed E-state index contributed by atoms with van der Waals surface area (Å²) < 4.78 is 0.990. The number of alkyl halides is 1. The highest BCUT2D eigenvalue weighted by Crippen LogP contribution is 2.05. The lowest BCUT2D eigenvalue weighted by Crippen LogP contribution is -2.33. The van der Waals surface area contributed by atoms with Crippen molar-refractivity contribution in [3.05, 3.63) is 35.9 Å². The fourth-order valence-corrected chi connectivity index (χ4v) is 1.13. The van der Waals surface area contributed by atoms with E-state index in [1.165, 1.54) is 5.56 Å². The number of carboxylic acid groups (broad SMARTS) is 1. The van der Waals surface area contributed by atoms with E-state index in [1.54, 1.807) is 0 Å². The van der Waals surface area contributed by atoms with Gasteiger partial charge < -0.3 is 14.4 Å². The number of carbonyl (C=O) groups excluding carboxylic acids is 1. The van der Waals surface area contributed by atoms with Gasteiger partial charge in [-0.1, -0.05) is 30.3 Å². The van der Waals surface area contributed by atoms with Crippen LogP contribution in [-0.4, -0.2) is 37.5 Å². The number of aliphatic carboxylic acids is 1. The Bertz CT molecular complexity index is 307. The molecule has 0 atom stereocenters. The molecule has 0 spiro atoms. The van der Waals surface area contributed by atoms with E-state index in [0.29, 0.717) is 0 Å². The number of rotatable bonds is 3. The van der Waals surface area contributed by atoms with Crippen molar-refractivity contribution >= 4 is 17.6 Å². The van der Waals surface area contributed by atoms with Crippen LogP contribution in [0.1, 0.15) is 5.56 Å². The predicted octanol–water partition coefficient (Wildman–Crippen LogP) is 0.868. The van der Waals surface area contributed by atoms with Gasteiger partial charge in [0.1, 0.15) is 6.54 Å². The van der Waals surface area contributed by atoms with E-state index in [4.69, 9.17) is 9.90 Å². The zero-order valence-corrected chi connectivity index (χ0v) is 10.7. The number of benzene rings is 1. The van der Waals surface area contributed by atoms with Gasteiger partial charge in [-0.25, -0.2) is 0 Å². The molecule has 1 aromatic rings. The molecule has 1 rings (SSSR count). The van der Waals surface area contributed by atoms with Crippen molar-refractivity contribution < 1.29 is 14.4 Å². The maximum atomic E-state index is 9.12. The standard InChI is InChI=1S/C10H16N.C2H3ClO2/c1-11(2,3)9-10-7-5-4-6-8-10;3-1-2(4)5/h4-8H,9H2,1-3H3;1H2,(H,4,5)/q+1;/p-1. The molecule has 3 nitrogen and oxygen atoms in total. The van der Waals surface area contributed by atoms with Gasteiger partial charge in [-0.3, -0.25) is 0 Å². The SMILES string of the molecule is C[N+](C)(C)Cc1ccccc1.O=C([O-])CCl. The van der Waals surface area contributed by atoms with Crippen LogP contribution in [0.15, 0.2) is 30.3 Å². The minimum Gasteiger partial charge on any atom is -0.549 e. The number of halogens is 1. The van der Waals surface area contributed by atoms with Crippen LogP contribution >= 0.6 is 11.6 Å². The monoisotopic (exact) mass is 243 g/mol. The summed E-state index contributed by atoms with van der Waals surface area (Å²) in [6.45, 7) is 1.10. The van der Waals surface area contributed by atoms with Crippen molar-refractivity contribution in [1.82, 2.24) is 0 Å². The van der Waals surface area contributed by atoms with E-state index in [2.05, 4.69) is 63.1 Å². The van der Waals surface area contributed by atoms with Gasteiger partial charge in [0, 0.05) is 5.56 Å². The van der Waals surface area contributed by atoms with Gasteiger partial charge in [0.15, 0.2) is 0 Å². The van der Waals surface area contributed by atoms with E-state index in [-0.39, 0.29) is 0 Å². The van der Waals surface area contributed by atoms with Crippen LogP contribution in [0.25, 0.3) is 0 Å². The Morgan fingerprint density at radius 3 is 2.00 bits per heavy atom. The van der Waals surface area contributed by atoms with Gasteiger partial charge in [0.2, 0.25) is 0 Å². The Morgan fingerprint density at radius 1 is 1.25 bits per heavy atom. The van der Waals surface area contributed by atoms with Crippen LogP contribution in [-0.2, 0) is 11.3 Å². The topological polar surface area (TPSA) is 40.1 Å². The van der Waals surface area contributed by atoms with Gasteiger partial charge >= 0.3 is 0 Å². The number of quaternary nitrogens is 1. The quantitative estimate of drug-likeness (QED) is 0.584. The lowest BCUT2D eigenvalue weighted by molar-refractivity contribution is -0.884. The van der Waals surface area contributed by atoms with Gasteiger partial charge in [-0.05, 0) is 0 Å². The second-order valence-corrected chi connectivity index (χ2v) is 4.71. The summed E-state index contributed by atoms with van der Waals surface area (Å²) in [5, 5.41) is 9.12. The molecule has 0 aliphatic heterocycles. The van der Waals surface area contributed by atoms with Crippen molar-refractivity contribution in [2.45, 2.75) is 6.54 Å². The van der Waals surface area contributed by atoms with Crippen molar-refractivity contribution in [2.24, 2.45) is 0 Å². The summed E-state index contributed by atoms with van der Waals surface area (Å²) in [5.41, 5.74) is 1.40. The third-order valence-electron chi connectivity index (χ3n) is 1.61. The molecule has 0 aliphatic carbocycles. The maximum Gasteiger partial charge on any atom is 0.104 e. The molecule has 90 valence electrons. The molecule has 0 fully saturated rings. The van der Waals surface area contributed by atoms with Crippen LogP contribution in [0.3, 0.4) is 0 Å². The molecular weight excluding hydrogens is 226 g/mol. The summed E-state index contributed by atoms with van der Waals surface area (Å²) in [4.78, 5) is 9.12. The molecule has 0 N–H and O–H groups in total. The summed E-state index contributed by atoms with van der Waals surface area (Å²) in [5.74, 6) is -1.65. The molecule has 0 aliphatic rings. The molecule has 16 heavy (non-hydrogen) atoms. The van der Waals surface area contributed by atoms with E-state index in [1.807, 2.05) is 0 Å². The Labute approximate surface area is 102 Å². The minimum absolute atomic E-state index is 0.417. The molecule has 4 heteroatoms. The fourth-order valence-electron chi connectivity index (χ4n) is 1.13. The number of carbonyl (C=O) groups is 1. The molecule has 0 bridgehead atoms. The van der Waals surface area contributed by atoms with Crippen LogP contribution in [0, 0.1) is 0 Å². The zero-order chi connectivity index (χ0) is 12.6. The van der Waals surface area contributed by atoms with Gasteiger partial charge in [0.25, 0.3) is 0 Å². The highest BCUT2D eigenvalue weighted by Gasteiger charge is 2.06. The second-order valence-electron chi connectivity index (χ2n) is 4.44. The van der Waals surface area contributed by atoms with Crippen molar-refractivity contribution in [3.63, 3.8) is 0 Å². The van der Waals surface area contributed by atoms with E-state index in [9.17, 15) is 0 Å². The summed E-state index contributed by atoms with van der Waals surface area (Å²) >= 11 is 4.67. The smallest absolute Gasteiger partial charge is 0.104 e. The normalized spacial score (nSPS) is 10.2. The first-order valence-corrected chi connectivity index (χ1v) is 5.49. The average Bonchev–Trinajstić information content (AvgIpc) is 2.17. The van der Waals surface area contributed by atoms with Gasteiger partial charge in [0.05, 0.1) is 33.0 Å². The molecule has 0 saturated carbocycles. The van der Waals surface area contributed by atoms with Gasteiger partial charge in [-0.15, -0.1) is 11.6 Å². The average molecular weight is 244 g/mol. The zero-order valence-electron chi connectivity index (χ0n) is 9.94. The first-order valence-electron chi connectivity index (χ1n) is 4.95. The van der Waals surface area contributed by atoms with Crippen molar-refractivity contribution in [1.29, 1.82) is 0 Å². The molecular formula is C12H18ClNO2. The highest BCUT2D eigenvalue weighted by atomic mass is 35.5. The number of nitrogens with zero attached hydrogens (tertiary/aromatic N) is 1. The molecule has 0 unspecified atom stereocenters. The third-order valence-corrected chi connectivity index (χ3v) is 1.83. The number of hydrogen-bond acceptors (Lipinski definition) is 2. The summed E-state index contributed by atoms with van der Waals surface area (Å²) in [6, 6.07) is 10.6. The Kier molecular flexibility index (Phi) is 6.77. The fraction of sp³-hybridized carbons (Fsp3) is 0.417.